The number of nitrogens with two attached hydrogens (primary N) is 1. The number of hydrogen-bond acceptors (Lipinski definition) is 4. The Morgan fingerprint density at radius 3 is 2.82 bits per heavy atom. The summed E-state index contributed by atoms with van der Waals surface area (Å²) < 4.78 is 0. The van der Waals surface area contributed by atoms with Crippen molar-refractivity contribution in [1.29, 1.82) is 0 Å². The molecule has 1 amide bonds. The molecule has 92 valence electrons. The van der Waals surface area contributed by atoms with E-state index in [0.29, 0.717) is 0 Å². The Morgan fingerprint density at radius 1 is 1.29 bits per heavy atom. The fourth-order valence-corrected chi connectivity index (χ4v) is 3.21. The zero-order valence-electron chi connectivity index (χ0n) is 9.79. The number of amides is 1. The van der Waals surface area contributed by atoms with Gasteiger partial charge in [0.1, 0.15) is 0 Å². The lowest BCUT2D eigenvalue weighted by Gasteiger charge is -2.06. The summed E-state index contributed by atoms with van der Waals surface area (Å²) >= 11 is 1.62. The van der Waals surface area contributed by atoms with Crippen LogP contribution in [0, 0.1) is 0 Å². The highest BCUT2D eigenvalue weighted by molar-refractivity contribution is 7.15. The molecule has 1 fully saturated rings. The van der Waals surface area contributed by atoms with Gasteiger partial charge in [-0.05, 0) is 38.5 Å². The van der Waals surface area contributed by atoms with E-state index in [1.807, 2.05) is 0 Å². The van der Waals surface area contributed by atoms with Crippen molar-refractivity contribution in [2.45, 2.75) is 50.5 Å². The Kier molecular flexibility index (Phi) is 2.67. The molecule has 1 heterocycles. The average Bonchev–Trinajstić information content (AvgIpc) is 3.00. The third kappa shape index (κ3) is 2.21. The van der Waals surface area contributed by atoms with Crippen LogP contribution in [-0.4, -0.2) is 16.4 Å². The van der Waals surface area contributed by atoms with Crippen LogP contribution in [0.5, 0.6) is 0 Å². The molecular formula is C12H17N3OS. The fourth-order valence-electron chi connectivity index (χ4n) is 2.17. The van der Waals surface area contributed by atoms with Gasteiger partial charge >= 0.3 is 0 Å². The lowest BCUT2D eigenvalue weighted by molar-refractivity contribution is -0.118. The van der Waals surface area contributed by atoms with Crippen LogP contribution in [0.1, 0.15) is 42.7 Å². The monoisotopic (exact) mass is 251 g/mol. The molecule has 2 aliphatic carbocycles. The minimum absolute atomic E-state index is 0.0681. The second-order valence-corrected chi connectivity index (χ2v) is 6.14. The van der Waals surface area contributed by atoms with Crippen LogP contribution in [0.2, 0.25) is 0 Å². The number of fused-ring (bicyclic) bond motifs is 1. The van der Waals surface area contributed by atoms with Gasteiger partial charge in [-0.25, -0.2) is 4.98 Å². The number of nitrogens with one attached hydrogen (secondary N) is 1. The number of carbonyl (C=O) groups excluding carboxylic acids is 1. The molecule has 1 aromatic rings. The molecule has 0 atom stereocenters. The van der Waals surface area contributed by atoms with Crippen LogP contribution in [0.15, 0.2) is 0 Å². The quantitative estimate of drug-likeness (QED) is 0.788. The number of rotatable bonds is 2. The minimum Gasteiger partial charge on any atom is -0.317 e. The van der Waals surface area contributed by atoms with E-state index in [2.05, 4.69) is 10.3 Å². The first-order valence-corrected chi connectivity index (χ1v) is 7.08. The van der Waals surface area contributed by atoms with Crippen molar-refractivity contribution in [2.24, 2.45) is 5.73 Å². The third-order valence-electron chi connectivity index (χ3n) is 3.56. The molecule has 5 heteroatoms. The molecule has 1 saturated carbocycles. The first-order chi connectivity index (χ1) is 8.17. The van der Waals surface area contributed by atoms with Gasteiger partial charge in [-0.15, -0.1) is 11.3 Å². The van der Waals surface area contributed by atoms with Gasteiger partial charge in [-0.2, -0.15) is 0 Å². The van der Waals surface area contributed by atoms with Crippen molar-refractivity contribution >= 4 is 22.4 Å². The van der Waals surface area contributed by atoms with E-state index in [9.17, 15) is 4.79 Å². The number of anilines is 1. The summed E-state index contributed by atoms with van der Waals surface area (Å²) in [7, 11) is 0. The topological polar surface area (TPSA) is 68.0 Å². The molecule has 0 unspecified atom stereocenters. The van der Waals surface area contributed by atoms with Crippen LogP contribution >= 0.6 is 11.3 Å². The van der Waals surface area contributed by atoms with Gasteiger partial charge in [-0.1, -0.05) is 6.42 Å². The molecule has 0 saturated heterocycles. The van der Waals surface area contributed by atoms with Crippen molar-refractivity contribution in [1.82, 2.24) is 4.98 Å². The maximum Gasteiger partial charge on any atom is 0.246 e. The molecule has 4 nitrogen and oxygen atoms in total. The smallest absolute Gasteiger partial charge is 0.246 e. The first kappa shape index (κ1) is 11.2. The lowest BCUT2D eigenvalue weighted by atomic mass is 10.2. The minimum atomic E-state index is -0.608. The van der Waals surface area contributed by atoms with Crippen LogP contribution in [0.4, 0.5) is 5.13 Å². The largest absolute Gasteiger partial charge is 0.317 e. The van der Waals surface area contributed by atoms with Gasteiger partial charge in [-0.3, -0.25) is 4.79 Å². The van der Waals surface area contributed by atoms with E-state index in [0.717, 1.165) is 30.8 Å². The zero-order valence-corrected chi connectivity index (χ0v) is 10.6. The number of hydrogen-bond donors (Lipinski definition) is 2. The van der Waals surface area contributed by atoms with Gasteiger partial charge in [0.2, 0.25) is 5.91 Å². The highest BCUT2D eigenvalue weighted by atomic mass is 32.1. The molecule has 1 aromatic heterocycles. The van der Waals surface area contributed by atoms with Gasteiger partial charge in [0.25, 0.3) is 0 Å². The normalized spacial score (nSPS) is 21.5. The van der Waals surface area contributed by atoms with Crippen LogP contribution in [0.25, 0.3) is 0 Å². The number of aromatic nitrogens is 1. The molecule has 0 spiro atoms. The SMILES string of the molecule is NC1(C(=O)Nc2nc3c(s2)CCCCC3)CC1. The molecule has 0 radical (unpaired) electrons. The molecule has 0 aromatic carbocycles. The summed E-state index contributed by atoms with van der Waals surface area (Å²) in [6, 6.07) is 0. The Hall–Kier alpha value is -0.940. The van der Waals surface area contributed by atoms with E-state index in [4.69, 9.17) is 5.73 Å². The Morgan fingerprint density at radius 2 is 2.06 bits per heavy atom. The Labute approximate surface area is 105 Å². The van der Waals surface area contributed by atoms with Gasteiger partial charge in [0.15, 0.2) is 5.13 Å². The van der Waals surface area contributed by atoms with Crippen molar-refractivity contribution < 1.29 is 4.79 Å². The van der Waals surface area contributed by atoms with Crippen LogP contribution in [-0.2, 0) is 17.6 Å². The molecule has 0 aliphatic heterocycles. The number of carbonyl (C=O) groups is 1. The number of nitrogens with zero attached hydrogens (tertiary/aromatic N) is 1. The first-order valence-electron chi connectivity index (χ1n) is 6.26. The van der Waals surface area contributed by atoms with Crippen molar-refractivity contribution in [3.63, 3.8) is 0 Å². The molecule has 2 aliphatic rings. The molecule has 17 heavy (non-hydrogen) atoms. The standard InChI is InChI=1S/C12H17N3OS/c13-12(6-7-12)10(16)15-11-14-8-4-2-1-3-5-9(8)17-11/h1-7,13H2,(H,14,15,16). The predicted octanol–water partition coefficient (Wildman–Crippen LogP) is 1.84. The lowest BCUT2D eigenvalue weighted by Crippen LogP contribution is -2.37. The molecular weight excluding hydrogens is 234 g/mol. The van der Waals surface area contributed by atoms with Crippen LogP contribution in [0.3, 0.4) is 0 Å². The molecule has 0 bridgehead atoms. The zero-order chi connectivity index (χ0) is 11.9. The van der Waals surface area contributed by atoms with Crippen molar-refractivity contribution in [3.05, 3.63) is 10.6 Å². The third-order valence-corrected chi connectivity index (χ3v) is 4.63. The van der Waals surface area contributed by atoms with E-state index in [1.165, 1.54) is 29.8 Å². The van der Waals surface area contributed by atoms with E-state index in [-0.39, 0.29) is 5.91 Å². The Bertz CT molecular complexity index is 427. The van der Waals surface area contributed by atoms with Gasteiger partial charge in [0, 0.05) is 4.88 Å². The maximum atomic E-state index is 11.8. The number of aryl methyl sites for hydroxylation is 2. The van der Waals surface area contributed by atoms with E-state index in [1.54, 1.807) is 11.3 Å². The summed E-state index contributed by atoms with van der Waals surface area (Å²) in [6.07, 6.45) is 7.49. The van der Waals surface area contributed by atoms with Gasteiger partial charge < -0.3 is 11.1 Å². The predicted molar refractivity (Wildman–Crippen MR) is 68.2 cm³/mol. The Balaban J connectivity index is 1.74. The molecule has 3 N–H and O–H groups in total. The fraction of sp³-hybridized carbons (Fsp3) is 0.667. The second kappa shape index (κ2) is 4.07. The van der Waals surface area contributed by atoms with Crippen LogP contribution < -0.4 is 11.1 Å². The summed E-state index contributed by atoms with van der Waals surface area (Å²) in [6.45, 7) is 0. The van der Waals surface area contributed by atoms with Crippen molar-refractivity contribution in [2.75, 3.05) is 5.32 Å². The summed E-state index contributed by atoms with van der Waals surface area (Å²) in [4.78, 5) is 17.7. The summed E-state index contributed by atoms with van der Waals surface area (Å²) in [5.41, 5.74) is 6.43. The van der Waals surface area contributed by atoms with Crippen molar-refractivity contribution in [3.8, 4) is 0 Å². The highest BCUT2D eigenvalue weighted by Gasteiger charge is 2.46. The summed E-state index contributed by atoms with van der Waals surface area (Å²) in [5.74, 6) is -0.0681. The summed E-state index contributed by atoms with van der Waals surface area (Å²) in [5, 5.41) is 3.60. The van der Waals surface area contributed by atoms with Gasteiger partial charge in [0.05, 0.1) is 11.2 Å². The number of thiazole rings is 1. The van der Waals surface area contributed by atoms with E-state index < -0.39 is 5.54 Å². The van der Waals surface area contributed by atoms with E-state index >= 15 is 0 Å². The second-order valence-electron chi connectivity index (χ2n) is 5.06. The highest BCUT2D eigenvalue weighted by Crippen LogP contribution is 2.35. The molecule has 3 rings (SSSR count). The average molecular weight is 251 g/mol. The maximum absolute atomic E-state index is 11.8.